The van der Waals surface area contributed by atoms with Gasteiger partial charge in [0.1, 0.15) is 5.82 Å². The molecule has 186 valence electrons. The summed E-state index contributed by atoms with van der Waals surface area (Å²) < 4.78 is 0. The summed E-state index contributed by atoms with van der Waals surface area (Å²) in [4.78, 5) is 39.2. The number of hydrogen-bond acceptors (Lipinski definition) is 5. The third-order valence-corrected chi connectivity index (χ3v) is 6.96. The number of nitrogens with one attached hydrogen (secondary N) is 3. The average Bonchev–Trinajstić information content (AvgIpc) is 3.38. The van der Waals surface area contributed by atoms with E-state index < -0.39 is 0 Å². The standard InChI is InChI=1S/C27H36N6O2/c1-28-25(34)7-5-3-4-6-23(32-27(35)20-11-14-33(2)15-12-20)26-30-18-24(31-26)21-9-8-19-10-13-29-17-22(19)16-21/h8-10,13,16-18,20,23H,3-7,11-12,14-15H2,1-2H3,(H,28,34)(H,30,31)(H,32,35). The number of imidazole rings is 1. The van der Waals surface area contributed by atoms with Crippen LogP contribution < -0.4 is 10.6 Å². The van der Waals surface area contributed by atoms with Gasteiger partial charge in [0.2, 0.25) is 11.8 Å². The maximum absolute atomic E-state index is 13.1. The Morgan fingerprint density at radius 1 is 1.11 bits per heavy atom. The topological polar surface area (TPSA) is 103 Å². The maximum atomic E-state index is 13.1. The van der Waals surface area contributed by atoms with Crippen molar-refractivity contribution in [2.75, 3.05) is 27.2 Å². The number of hydrogen-bond donors (Lipinski definition) is 3. The number of nitrogens with zero attached hydrogens (tertiary/aromatic N) is 3. The van der Waals surface area contributed by atoms with Gasteiger partial charge in [-0.15, -0.1) is 0 Å². The highest BCUT2D eigenvalue weighted by Crippen LogP contribution is 2.26. The molecule has 8 nitrogen and oxygen atoms in total. The van der Waals surface area contributed by atoms with Crippen LogP contribution in [0.1, 0.15) is 56.8 Å². The second-order valence-electron chi connectivity index (χ2n) is 9.53. The highest BCUT2D eigenvalue weighted by atomic mass is 16.2. The summed E-state index contributed by atoms with van der Waals surface area (Å²) >= 11 is 0. The Hall–Kier alpha value is -3.26. The Morgan fingerprint density at radius 3 is 2.74 bits per heavy atom. The Bertz CT molecular complexity index is 1140. The Balaban J connectivity index is 1.45. The largest absolute Gasteiger partial charge is 0.359 e. The van der Waals surface area contributed by atoms with Gasteiger partial charge in [-0.1, -0.05) is 25.0 Å². The van der Waals surface area contributed by atoms with Crippen molar-refractivity contribution in [1.82, 2.24) is 30.5 Å². The lowest BCUT2D eigenvalue weighted by Crippen LogP contribution is -2.40. The second-order valence-corrected chi connectivity index (χ2v) is 9.53. The van der Waals surface area contributed by atoms with Gasteiger partial charge in [0.15, 0.2) is 0 Å². The van der Waals surface area contributed by atoms with E-state index in [4.69, 9.17) is 0 Å². The first kappa shape index (κ1) is 24.9. The Morgan fingerprint density at radius 2 is 1.94 bits per heavy atom. The van der Waals surface area contributed by atoms with Crippen molar-refractivity contribution in [3.63, 3.8) is 0 Å². The van der Waals surface area contributed by atoms with Crippen LogP contribution in [0, 0.1) is 5.92 Å². The monoisotopic (exact) mass is 476 g/mol. The van der Waals surface area contributed by atoms with E-state index in [0.717, 1.165) is 79.5 Å². The summed E-state index contributed by atoms with van der Waals surface area (Å²) in [6.45, 7) is 1.90. The molecule has 0 spiro atoms. The molecule has 0 saturated carbocycles. The van der Waals surface area contributed by atoms with Crippen LogP contribution in [0.2, 0.25) is 0 Å². The van der Waals surface area contributed by atoms with Crippen LogP contribution in [0.3, 0.4) is 0 Å². The molecule has 2 aromatic heterocycles. The number of rotatable bonds is 10. The summed E-state index contributed by atoms with van der Waals surface area (Å²) in [6, 6.07) is 8.07. The van der Waals surface area contributed by atoms with E-state index in [2.05, 4.69) is 55.7 Å². The van der Waals surface area contributed by atoms with Crippen molar-refractivity contribution in [1.29, 1.82) is 0 Å². The molecule has 0 radical (unpaired) electrons. The van der Waals surface area contributed by atoms with E-state index in [0.29, 0.717) is 6.42 Å². The predicted octanol–water partition coefficient (Wildman–Crippen LogP) is 3.82. The first-order valence-corrected chi connectivity index (χ1v) is 12.6. The van der Waals surface area contributed by atoms with Crippen molar-refractivity contribution in [3.8, 4) is 11.3 Å². The molecule has 35 heavy (non-hydrogen) atoms. The number of fused-ring (bicyclic) bond motifs is 1. The van der Waals surface area contributed by atoms with Crippen LogP contribution in [0.15, 0.2) is 42.9 Å². The van der Waals surface area contributed by atoms with E-state index in [-0.39, 0.29) is 23.8 Å². The molecular formula is C27H36N6O2. The molecule has 1 atom stereocenters. The molecule has 3 aromatic rings. The van der Waals surface area contributed by atoms with E-state index in [9.17, 15) is 9.59 Å². The second kappa shape index (κ2) is 11.9. The van der Waals surface area contributed by atoms with Gasteiger partial charge in [0.25, 0.3) is 0 Å². The molecule has 2 amide bonds. The molecule has 1 saturated heterocycles. The number of likely N-dealkylation sites (tertiary alicyclic amines) is 1. The average molecular weight is 477 g/mol. The molecule has 1 unspecified atom stereocenters. The van der Waals surface area contributed by atoms with Crippen molar-refractivity contribution < 1.29 is 9.59 Å². The lowest BCUT2D eigenvalue weighted by Gasteiger charge is -2.29. The van der Waals surface area contributed by atoms with Crippen molar-refractivity contribution in [3.05, 3.63) is 48.7 Å². The fourth-order valence-electron chi connectivity index (χ4n) is 4.69. The zero-order valence-electron chi connectivity index (χ0n) is 20.7. The normalized spacial score (nSPS) is 15.7. The number of unbranched alkanes of at least 4 members (excludes halogenated alkanes) is 2. The van der Waals surface area contributed by atoms with E-state index in [1.807, 2.05) is 18.5 Å². The molecule has 4 rings (SSSR count). The minimum Gasteiger partial charge on any atom is -0.359 e. The fraction of sp³-hybridized carbons (Fsp3) is 0.481. The lowest BCUT2D eigenvalue weighted by molar-refractivity contribution is -0.127. The van der Waals surface area contributed by atoms with Gasteiger partial charge in [0, 0.05) is 42.7 Å². The van der Waals surface area contributed by atoms with Gasteiger partial charge in [0.05, 0.1) is 17.9 Å². The van der Waals surface area contributed by atoms with Gasteiger partial charge in [-0.3, -0.25) is 14.6 Å². The van der Waals surface area contributed by atoms with Crippen molar-refractivity contribution >= 4 is 22.6 Å². The number of H-pyrrole nitrogens is 1. The summed E-state index contributed by atoms with van der Waals surface area (Å²) in [5, 5.41) is 8.17. The summed E-state index contributed by atoms with van der Waals surface area (Å²) in [5.41, 5.74) is 1.96. The molecule has 3 N–H and O–H groups in total. The third kappa shape index (κ3) is 6.66. The minimum absolute atomic E-state index is 0.0457. The Kier molecular flexibility index (Phi) is 8.47. The van der Waals surface area contributed by atoms with Crippen LogP contribution >= 0.6 is 0 Å². The van der Waals surface area contributed by atoms with Gasteiger partial charge in [-0.25, -0.2) is 4.98 Å². The predicted molar refractivity (Wildman–Crippen MR) is 138 cm³/mol. The van der Waals surface area contributed by atoms with Crippen LogP contribution in [0.4, 0.5) is 0 Å². The molecule has 8 heteroatoms. The van der Waals surface area contributed by atoms with E-state index in [1.54, 1.807) is 13.2 Å². The summed E-state index contributed by atoms with van der Waals surface area (Å²) in [5.74, 6) is 1.00. The zero-order valence-corrected chi connectivity index (χ0v) is 20.7. The molecular weight excluding hydrogens is 440 g/mol. The molecule has 0 bridgehead atoms. The van der Waals surface area contributed by atoms with Crippen LogP contribution in [-0.2, 0) is 9.59 Å². The number of aromatic nitrogens is 3. The highest BCUT2D eigenvalue weighted by molar-refractivity contribution is 5.86. The maximum Gasteiger partial charge on any atom is 0.223 e. The molecule has 1 fully saturated rings. The van der Waals surface area contributed by atoms with Gasteiger partial charge in [-0.2, -0.15) is 0 Å². The van der Waals surface area contributed by atoms with Crippen LogP contribution in [0.25, 0.3) is 22.0 Å². The zero-order chi connectivity index (χ0) is 24.6. The van der Waals surface area contributed by atoms with Gasteiger partial charge in [-0.05, 0) is 63.3 Å². The number of amides is 2. The lowest BCUT2D eigenvalue weighted by atomic mass is 9.95. The molecule has 1 aliphatic heterocycles. The van der Waals surface area contributed by atoms with Crippen LogP contribution in [-0.4, -0.2) is 58.9 Å². The number of aromatic amines is 1. The third-order valence-electron chi connectivity index (χ3n) is 6.96. The van der Waals surface area contributed by atoms with Crippen molar-refractivity contribution in [2.24, 2.45) is 5.92 Å². The number of piperidine rings is 1. The van der Waals surface area contributed by atoms with E-state index in [1.165, 1.54) is 0 Å². The van der Waals surface area contributed by atoms with E-state index >= 15 is 0 Å². The number of benzene rings is 1. The molecule has 3 heterocycles. The molecule has 0 aliphatic carbocycles. The SMILES string of the molecule is CNC(=O)CCCCCC(NC(=O)C1CCN(C)CC1)c1ncc(-c2ccc3ccncc3c2)[nH]1. The van der Waals surface area contributed by atoms with Crippen molar-refractivity contribution in [2.45, 2.75) is 51.0 Å². The number of pyridine rings is 1. The summed E-state index contributed by atoms with van der Waals surface area (Å²) in [7, 11) is 3.76. The number of carbonyl (C=O) groups excluding carboxylic acids is 2. The smallest absolute Gasteiger partial charge is 0.223 e. The highest BCUT2D eigenvalue weighted by Gasteiger charge is 2.26. The van der Waals surface area contributed by atoms with Gasteiger partial charge < -0.3 is 20.5 Å². The first-order valence-electron chi connectivity index (χ1n) is 12.6. The Labute approximate surface area is 206 Å². The van der Waals surface area contributed by atoms with Crippen LogP contribution in [0.5, 0.6) is 0 Å². The minimum atomic E-state index is -0.182. The summed E-state index contributed by atoms with van der Waals surface area (Å²) in [6.07, 6.45) is 11.3. The quantitative estimate of drug-likeness (QED) is 0.386. The fourth-order valence-corrected chi connectivity index (χ4v) is 4.69. The number of carbonyl (C=O) groups is 2. The first-order chi connectivity index (χ1) is 17.0. The molecule has 1 aliphatic rings. The van der Waals surface area contributed by atoms with Gasteiger partial charge >= 0.3 is 0 Å². The molecule has 1 aromatic carbocycles.